The fourth-order valence-electron chi connectivity index (χ4n) is 1.59. The third-order valence-corrected chi connectivity index (χ3v) is 2.94. The Morgan fingerprint density at radius 1 is 1.47 bits per heavy atom. The van der Waals surface area contributed by atoms with Crippen LogP contribution in [0.4, 0.5) is 4.39 Å². The summed E-state index contributed by atoms with van der Waals surface area (Å²) >= 11 is 5.73. The summed E-state index contributed by atoms with van der Waals surface area (Å²) in [5.74, 6) is 0.129. The molecular formula is C14H17ClFN. The second-order valence-corrected chi connectivity index (χ2v) is 4.11. The maximum atomic E-state index is 13.7. The SMILES string of the molecule is CCc1ccc(F)c(/C(C)=C/C(CCl)=NC)c1. The van der Waals surface area contributed by atoms with Gasteiger partial charge in [-0.05, 0) is 42.7 Å². The lowest BCUT2D eigenvalue weighted by Crippen LogP contribution is -1.98. The van der Waals surface area contributed by atoms with Crippen LogP contribution < -0.4 is 0 Å². The van der Waals surface area contributed by atoms with Crippen LogP contribution >= 0.6 is 11.6 Å². The predicted molar refractivity (Wildman–Crippen MR) is 73.5 cm³/mol. The number of halogens is 2. The Kier molecular flexibility index (Phi) is 5.36. The van der Waals surface area contributed by atoms with Crippen molar-refractivity contribution >= 4 is 22.9 Å². The molecule has 0 aromatic heterocycles. The van der Waals surface area contributed by atoms with Gasteiger partial charge >= 0.3 is 0 Å². The van der Waals surface area contributed by atoms with Crippen molar-refractivity contribution in [3.05, 3.63) is 41.2 Å². The lowest BCUT2D eigenvalue weighted by Gasteiger charge is -2.06. The number of aryl methyl sites for hydroxylation is 1. The van der Waals surface area contributed by atoms with Crippen LogP contribution in [0.15, 0.2) is 29.3 Å². The molecule has 1 rings (SSSR count). The smallest absolute Gasteiger partial charge is 0.130 e. The summed E-state index contributed by atoms with van der Waals surface area (Å²) in [5.41, 5.74) is 3.34. The highest BCUT2D eigenvalue weighted by atomic mass is 35.5. The summed E-state index contributed by atoms with van der Waals surface area (Å²) in [7, 11) is 1.68. The Bertz CT molecular complexity index is 450. The van der Waals surface area contributed by atoms with E-state index in [0.29, 0.717) is 11.4 Å². The van der Waals surface area contributed by atoms with E-state index in [1.54, 1.807) is 7.05 Å². The minimum atomic E-state index is -0.207. The molecule has 0 heterocycles. The van der Waals surface area contributed by atoms with Gasteiger partial charge in [0.05, 0.1) is 5.88 Å². The molecule has 0 aliphatic carbocycles. The number of hydrogen-bond donors (Lipinski definition) is 0. The minimum absolute atomic E-state index is 0.207. The van der Waals surface area contributed by atoms with Crippen LogP contribution in [0.2, 0.25) is 0 Å². The Labute approximate surface area is 107 Å². The fourth-order valence-corrected chi connectivity index (χ4v) is 1.78. The summed E-state index contributed by atoms with van der Waals surface area (Å²) in [6.45, 7) is 3.92. The van der Waals surface area contributed by atoms with Crippen molar-refractivity contribution in [1.29, 1.82) is 0 Å². The van der Waals surface area contributed by atoms with Gasteiger partial charge in [-0.1, -0.05) is 13.0 Å². The molecule has 1 nitrogen and oxygen atoms in total. The maximum absolute atomic E-state index is 13.7. The van der Waals surface area contributed by atoms with Gasteiger partial charge in [-0.3, -0.25) is 4.99 Å². The van der Waals surface area contributed by atoms with Crippen molar-refractivity contribution in [3.8, 4) is 0 Å². The maximum Gasteiger partial charge on any atom is 0.130 e. The van der Waals surface area contributed by atoms with Crippen LogP contribution in [0.1, 0.15) is 25.0 Å². The number of alkyl halides is 1. The van der Waals surface area contributed by atoms with Crippen LogP contribution in [0.5, 0.6) is 0 Å². The Morgan fingerprint density at radius 3 is 2.71 bits per heavy atom. The van der Waals surface area contributed by atoms with E-state index in [2.05, 4.69) is 4.99 Å². The number of aliphatic imine (C=N–C) groups is 1. The van der Waals surface area contributed by atoms with E-state index in [4.69, 9.17) is 11.6 Å². The van der Waals surface area contributed by atoms with E-state index in [1.165, 1.54) is 6.07 Å². The van der Waals surface area contributed by atoms with E-state index in [-0.39, 0.29) is 5.82 Å². The van der Waals surface area contributed by atoms with Gasteiger partial charge in [0.2, 0.25) is 0 Å². The average molecular weight is 254 g/mol. The first-order valence-corrected chi connectivity index (χ1v) is 6.14. The Morgan fingerprint density at radius 2 is 2.18 bits per heavy atom. The van der Waals surface area contributed by atoms with Crippen LogP contribution in [-0.4, -0.2) is 18.6 Å². The largest absolute Gasteiger partial charge is 0.292 e. The van der Waals surface area contributed by atoms with Gasteiger partial charge in [-0.2, -0.15) is 0 Å². The van der Waals surface area contributed by atoms with Crippen molar-refractivity contribution in [3.63, 3.8) is 0 Å². The lowest BCUT2D eigenvalue weighted by molar-refractivity contribution is 0.623. The molecule has 17 heavy (non-hydrogen) atoms. The first-order valence-electron chi connectivity index (χ1n) is 5.61. The molecule has 0 aliphatic rings. The molecule has 1 aromatic carbocycles. The Hall–Kier alpha value is -1.15. The summed E-state index contributed by atoms with van der Waals surface area (Å²) < 4.78 is 13.7. The van der Waals surface area contributed by atoms with Crippen LogP contribution in [-0.2, 0) is 6.42 Å². The second kappa shape index (κ2) is 6.55. The van der Waals surface area contributed by atoms with E-state index in [1.807, 2.05) is 32.1 Å². The molecule has 0 atom stereocenters. The second-order valence-electron chi connectivity index (χ2n) is 3.84. The lowest BCUT2D eigenvalue weighted by atomic mass is 10.0. The summed E-state index contributed by atoms with van der Waals surface area (Å²) in [6, 6.07) is 5.19. The van der Waals surface area contributed by atoms with Gasteiger partial charge in [0.15, 0.2) is 0 Å². The molecule has 0 bridgehead atoms. The molecule has 1 aromatic rings. The molecular weight excluding hydrogens is 237 g/mol. The molecule has 0 N–H and O–H groups in total. The zero-order valence-corrected chi connectivity index (χ0v) is 11.2. The molecule has 0 saturated carbocycles. The summed E-state index contributed by atoms with van der Waals surface area (Å²) in [4.78, 5) is 4.03. The van der Waals surface area contributed by atoms with E-state index >= 15 is 0 Å². The molecule has 0 amide bonds. The van der Waals surface area contributed by atoms with Crippen LogP contribution in [0.3, 0.4) is 0 Å². The monoisotopic (exact) mass is 253 g/mol. The quantitative estimate of drug-likeness (QED) is 0.566. The third kappa shape index (κ3) is 3.67. The third-order valence-electron chi connectivity index (χ3n) is 2.67. The molecule has 0 saturated heterocycles. The standard InChI is InChI=1S/C14H17ClFN/c1-4-11-5-6-14(16)13(8-11)10(2)7-12(9-15)17-3/h5-8H,4,9H2,1-3H3/b10-7+,17-12?. The van der Waals surface area contributed by atoms with Gasteiger partial charge in [0.25, 0.3) is 0 Å². The molecule has 0 radical (unpaired) electrons. The first kappa shape index (κ1) is 13.9. The van der Waals surface area contributed by atoms with Crippen molar-refractivity contribution < 1.29 is 4.39 Å². The number of allylic oxidation sites excluding steroid dienone is 2. The minimum Gasteiger partial charge on any atom is -0.292 e. The van der Waals surface area contributed by atoms with E-state index in [9.17, 15) is 4.39 Å². The molecule has 3 heteroatoms. The van der Waals surface area contributed by atoms with Gasteiger partial charge in [-0.25, -0.2) is 4.39 Å². The van der Waals surface area contributed by atoms with Gasteiger partial charge in [0.1, 0.15) is 5.82 Å². The van der Waals surface area contributed by atoms with E-state index < -0.39 is 0 Å². The van der Waals surface area contributed by atoms with E-state index in [0.717, 1.165) is 23.3 Å². The topological polar surface area (TPSA) is 12.4 Å². The highest BCUT2D eigenvalue weighted by molar-refractivity contribution is 6.31. The predicted octanol–water partition coefficient (Wildman–Crippen LogP) is 4.10. The zero-order valence-electron chi connectivity index (χ0n) is 10.4. The molecule has 0 fully saturated rings. The molecule has 0 unspecified atom stereocenters. The highest BCUT2D eigenvalue weighted by Gasteiger charge is 2.05. The molecule has 92 valence electrons. The summed E-state index contributed by atoms with van der Waals surface area (Å²) in [6.07, 6.45) is 2.72. The normalized spacial score (nSPS) is 13.0. The average Bonchev–Trinajstić information content (AvgIpc) is 2.36. The van der Waals surface area contributed by atoms with Crippen LogP contribution in [0.25, 0.3) is 5.57 Å². The molecule has 0 spiro atoms. The molecule has 0 aliphatic heterocycles. The summed E-state index contributed by atoms with van der Waals surface area (Å²) in [5, 5.41) is 0. The number of hydrogen-bond acceptors (Lipinski definition) is 1. The highest BCUT2D eigenvalue weighted by Crippen LogP contribution is 2.20. The Balaban J connectivity index is 3.15. The first-order chi connectivity index (χ1) is 8.12. The fraction of sp³-hybridized carbons (Fsp3) is 0.357. The number of nitrogens with zero attached hydrogens (tertiary/aromatic N) is 1. The zero-order chi connectivity index (χ0) is 12.8. The van der Waals surface area contributed by atoms with Crippen LogP contribution in [0, 0.1) is 5.82 Å². The van der Waals surface area contributed by atoms with Crippen molar-refractivity contribution in [2.75, 3.05) is 12.9 Å². The van der Waals surface area contributed by atoms with Gasteiger partial charge < -0.3 is 0 Å². The van der Waals surface area contributed by atoms with Crippen molar-refractivity contribution in [2.45, 2.75) is 20.3 Å². The van der Waals surface area contributed by atoms with Gasteiger partial charge in [-0.15, -0.1) is 11.6 Å². The van der Waals surface area contributed by atoms with Gasteiger partial charge in [0, 0.05) is 18.3 Å². The number of rotatable bonds is 4. The van der Waals surface area contributed by atoms with Crippen molar-refractivity contribution in [1.82, 2.24) is 0 Å². The number of benzene rings is 1. The van der Waals surface area contributed by atoms with Crippen molar-refractivity contribution in [2.24, 2.45) is 4.99 Å².